The van der Waals surface area contributed by atoms with E-state index in [2.05, 4.69) is 44.3 Å². The maximum absolute atomic E-state index is 9.98. The SMILES string of the molecule is CCC(C)(O)CNC(C)c1cc(C)ccc1C. The van der Waals surface area contributed by atoms with Crippen molar-refractivity contribution in [1.82, 2.24) is 5.32 Å². The number of rotatable bonds is 5. The van der Waals surface area contributed by atoms with Gasteiger partial charge in [-0.3, -0.25) is 0 Å². The molecule has 0 fully saturated rings. The second-order valence-electron chi connectivity index (χ2n) is 5.31. The van der Waals surface area contributed by atoms with Gasteiger partial charge in [0.25, 0.3) is 0 Å². The Morgan fingerprint density at radius 2 is 2.00 bits per heavy atom. The second-order valence-corrected chi connectivity index (χ2v) is 5.31. The first-order chi connectivity index (χ1) is 7.85. The molecular formula is C15H25NO. The largest absolute Gasteiger partial charge is 0.389 e. The summed E-state index contributed by atoms with van der Waals surface area (Å²) < 4.78 is 0. The van der Waals surface area contributed by atoms with Crippen molar-refractivity contribution in [3.05, 3.63) is 34.9 Å². The van der Waals surface area contributed by atoms with Crippen LogP contribution in [0.1, 0.15) is 49.9 Å². The maximum atomic E-state index is 9.98. The van der Waals surface area contributed by atoms with E-state index in [-0.39, 0.29) is 6.04 Å². The monoisotopic (exact) mass is 235 g/mol. The number of aliphatic hydroxyl groups is 1. The number of aryl methyl sites for hydroxylation is 2. The van der Waals surface area contributed by atoms with Gasteiger partial charge in [0.15, 0.2) is 0 Å². The van der Waals surface area contributed by atoms with E-state index in [9.17, 15) is 5.11 Å². The third-order valence-corrected chi connectivity index (χ3v) is 3.45. The molecule has 0 saturated carbocycles. The summed E-state index contributed by atoms with van der Waals surface area (Å²) in [5.41, 5.74) is 3.27. The lowest BCUT2D eigenvalue weighted by atomic mass is 9.98. The summed E-state index contributed by atoms with van der Waals surface area (Å²) in [6.45, 7) is 10.9. The van der Waals surface area contributed by atoms with E-state index in [0.29, 0.717) is 6.54 Å². The second kappa shape index (κ2) is 5.65. The Balaban J connectivity index is 2.70. The summed E-state index contributed by atoms with van der Waals surface area (Å²) in [5, 5.41) is 13.4. The fraction of sp³-hybridized carbons (Fsp3) is 0.600. The summed E-state index contributed by atoms with van der Waals surface area (Å²) >= 11 is 0. The molecule has 2 atom stereocenters. The predicted octanol–water partition coefficient (Wildman–Crippen LogP) is 3.12. The van der Waals surface area contributed by atoms with Crippen LogP contribution < -0.4 is 5.32 Å². The van der Waals surface area contributed by atoms with E-state index in [4.69, 9.17) is 0 Å². The number of nitrogens with one attached hydrogen (secondary N) is 1. The van der Waals surface area contributed by atoms with Crippen LogP contribution in [0, 0.1) is 13.8 Å². The Hall–Kier alpha value is -0.860. The summed E-state index contributed by atoms with van der Waals surface area (Å²) in [7, 11) is 0. The van der Waals surface area contributed by atoms with Crippen molar-refractivity contribution in [2.45, 2.75) is 52.7 Å². The molecule has 0 spiro atoms. The number of benzene rings is 1. The zero-order valence-electron chi connectivity index (χ0n) is 11.7. The molecular weight excluding hydrogens is 210 g/mol. The van der Waals surface area contributed by atoms with Gasteiger partial charge in [0.1, 0.15) is 0 Å². The Morgan fingerprint density at radius 3 is 2.59 bits per heavy atom. The van der Waals surface area contributed by atoms with Crippen molar-refractivity contribution < 1.29 is 5.11 Å². The van der Waals surface area contributed by atoms with Crippen molar-refractivity contribution >= 4 is 0 Å². The smallest absolute Gasteiger partial charge is 0.0741 e. The van der Waals surface area contributed by atoms with Crippen molar-refractivity contribution in [1.29, 1.82) is 0 Å². The molecule has 0 aliphatic heterocycles. The molecule has 0 aliphatic rings. The lowest BCUT2D eigenvalue weighted by Gasteiger charge is -2.25. The lowest BCUT2D eigenvalue weighted by Crippen LogP contribution is -2.38. The van der Waals surface area contributed by atoms with Gasteiger partial charge in [0, 0.05) is 12.6 Å². The number of hydrogen-bond donors (Lipinski definition) is 2. The molecule has 17 heavy (non-hydrogen) atoms. The summed E-state index contributed by atoms with van der Waals surface area (Å²) in [6, 6.07) is 6.77. The van der Waals surface area contributed by atoms with Crippen LogP contribution >= 0.6 is 0 Å². The minimum atomic E-state index is -0.619. The first-order valence-corrected chi connectivity index (χ1v) is 6.38. The third kappa shape index (κ3) is 4.14. The van der Waals surface area contributed by atoms with Crippen LogP contribution in [-0.2, 0) is 0 Å². The molecule has 2 N–H and O–H groups in total. The van der Waals surface area contributed by atoms with Gasteiger partial charge in [0.2, 0.25) is 0 Å². The topological polar surface area (TPSA) is 32.3 Å². The Labute approximate surface area is 105 Å². The Kier molecular flexibility index (Phi) is 4.72. The van der Waals surface area contributed by atoms with Gasteiger partial charge in [-0.05, 0) is 45.2 Å². The molecule has 0 saturated heterocycles. The highest BCUT2D eigenvalue weighted by Gasteiger charge is 2.18. The first-order valence-electron chi connectivity index (χ1n) is 6.38. The van der Waals surface area contributed by atoms with Crippen molar-refractivity contribution in [3.8, 4) is 0 Å². The molecule has 1 aromatic carbocycles. The molecule has 1 aromatic rings. The van der Waals surface area contributed by atoms with Crippen LogP contribution in [0.15, 0.2) is 18.2 Å². The molecule has 2 nitrogen and oxygen atoms in total. The first kappa shape index (κ1) is 14.2. The average molecular weight is 235 g/mol. The molecule has 96 valence electrons. The Morgan fingerprint density at radius 1 is 1.35 bits per heavy atom. The van der Waals surface area contributed by atoms with Gasteiger partial charge in [0.05, 0.1) is 5.60 Å². The van der Waals surface area contributed by atoms with Gasteiger partial charge in [-0.15, -0.1) is 0 Å². The molecule has 2 unspecified atom stereocenters. The zero-order chi connectivity index (χ0) is 13.1. The third-order valence-electron chi connectivity index (χ3n) is 3.45. The highest BCUT2D eigenvalue weighted by Crippen LogP contribution is 2.19. The van der Waals surface area contributed by atoms with Crippen LogP contribution in [-0.4, -0.2) is 17.3 Å². The zero-order valence-corrected chi connectivity index (χ0v) is 11.7. The molecule has 2 heteroatoms. The quantitative estimate of drug-likeness (QED) is 0.822. The van der Waals surface area contributed by atoms with Crippen molar-refractivity contribution in [2.24, 2.45) is 0 Å². The van der Waals surface area contributed by atoms with E-state index >= 15 is 0 Å². The van der Waals surface area contributed by atoms with E-state index in [1.807, 2.05) is 13.8 Å². The Bertz CT molecular complexity index is 371. The minimum absolute atomic E-state index is 0.271. The molecule has 1 rings (SSSR count). The fourth-order valence-electron chi connectivity index (χ4n) is 1.83. The van der Waals surface area contributed by atoms with E-state index in [1.165, 1.54) is 16.7 Å². The highest BCUT2D eigenvalue weighted by molar-refractivity contribution is 5.32. The van der Waals surface area contributed by atoms with E-state index in [0.717, 1.165) is 6.42 Å². The normalized spacial score (nSPS) is 16.6. The molecule has 0 heterocycles. The van der Waals surface area contributed by atoms with Gasteiger partial charge in [-0.25, -0.2) is 0 Å². The summed E-state index contributed by atoms with van der Waals surface area (Å²) in [6.07, 6.45) is 0.763. The van der Waals surface area contributed by atoms with Crippen LogP contribution in [0.3, 0.4) is 0 Å². The summed E-state index contributed by atoms with van der Waals surface area (Å²) in [5.74, 6) is 0. The van der Waals surface area contributed by atoms with Gasteiger partial charge in [-0.2, -0.15) is 0 Å². The van der Waals surface area contributed by atoms with Crippen LogP contribution in [0.4, 0.5) is 0 Å². The van der Waals surface area contributed by atoms with E-state index < -0.39 is 5.60 Å². The summed E-state index contributed by atoms with van der Waals surface area (Å²) in [4.78, 5) is 0. The van der Waals surface area contributed by atoms with Crippen molar-refractivity contribution in [3.63, 3.8) is 0 Å². The van der Waals surface area contributed by atoms with Crippen LogP contribution in [0.25, 0.3) is 0 Å². The standard InChI is InChI=1S/C15H25NO/c1-6-15(5,17)10-16-13(4)14-9-11(2)7-8-12(14)3/h7-9,13,16-17H,6,10H2,1-5H3. The van der Waals surface area contributed by atoms with Gasteiger partial charge < -0.3 is 10.4 Å². The predicted molar refractivity (Wildman–Crippen MR) is 73.2 cm³/mol. The molecule has 0 bridgehead atoms. The lowest BCUT2D eigenvalue weighted by molar-refractivity contribution is 0.0533. The average Bonchev–Trinajstić information content (AvgIpc) is 2.29. The highest BCUT2D eigenvalue weighted by atomic mass is 16.3. The van der Waals surface area contributed by atoms with Crippen LogP contribution in [0.2, 0.25) is 0 Å². The molecule has 0 aliphatic carbocycles. The van der Waals surface area contributed by atoms with Gasteiger partial charge >= 0.3 is 0 Å². The number of hydrogen-bond acceptors (Lipinski definition) is 2. The fourth-order valence-corrected chi connectivity index (χ4v) is 1.83. The van der Waals surface area contributed by atoms with Crippen LogP contribution in [0.5, 0.6) is 0 Å². The molecule has 0 amide bonds. The van der Waals surface area contributed by atoms with Gasteiger partial charge in [-0.1, -0.05) is 30.7 Å². The van der Waals surface area contributed by atoms with Crippen molar-refractivity contribution in [2.75, 3.05) is 6.54 Å². The molecule has 0 aromatic heterocycles. The minimum Gasteiger partial charge on any atom is -0.389 e. The van der Waals surface area contributed by atoms with E-state index in [1.54, 1.807) is 0 Å². The molecule has 0 radical (unpaired) electrons. The maximum Gasteiger partial charge on any atom is 0.0741 e.